The van der Waals surface area contributed by atoms with E-state index < -0.39 is 0 Å². The fourth-order valence-corrected chi connectivity index (χ4v) is 2.96. The molecule has 2 rings (SSSR count). The van der Waals surface area contributed by atoms with E-state index in [0.717, 1.165) is 37.2 Å². The van der Waals surface area contributed by atoms with Gasteiger partial charge in [-0.2, -0.15) is 0 Å². The molecule has 1 heterocycles. The smallest absolute Gasteiger partial charge is 0.224 e. The van der Waals surface area contributed by atoms with Gasteiger partial charge >= 0.3 is 0 Å². The van der Waals surface area contributed by atoms with Gasteiger partial charge in [-0.05, 0) is 38.3 Å². The molecule has 0 spiro atoms. The molecule has 1 aliphatic heterocycles. The Morgan fingerprint density at radius 3 is 2.74 bits per heavy atom. The van der Waals surface area contributed by atoms with Crippen molar-refractivity contribution >= 4 is 18.3 Å². The van der Waals surface area contributed by atoms with Crippen LogP contribution < -0.4 is 15.4 Å². The Hall–Kier alpha value is -1.26. The Morgan fingerprint density at radius 2 is 2.13 bits per heavy atom. The molecule has 0 bridgehead atoms. The van der Waals surface area contributed by atoms with Gasteiger partial charge in [-0.1, -0.05) is 32.0 Å². The van der Waals surface area contributed by atoms with Crippen molar-refractivity contribution in [2.45, 2.75) is 39.7 Å². The number of carbonyl (C=O) groups is 1. The summed E-state index contributed by atoms with van der Waals surface area (Å²) in [5.74, 6) is 1.62. The molecule has 0 aromatic heterocycles. The molecular weight excluding hydrogens is 312 g/mol. The summed E-state index contributed by atoms with van der Waals surface area (Å²) in [6.07, 6.45) is 1.84. The second-order valence-corrected chi connectivity index (χ2v) is 6.35. The lowest BCUT2D eigenvalue weighted by Crippen LogP contribution is -2.35. The van der Waals surface area contributed by atoms with Crippen LogP contribution in [0.25, 0.3) is 0 Å². The van der Waals surface area contributed by atoms with Crippen molar-refractivity contribution < 1.29 is 9.53 Å². The summed E-state index contributed by atoms with van der Waals surface area (Å²) in [5.41, 5.74) is 1.08. The number of hydrogen-bond acceptors (Lipinski definition) is 3. The Kier molecular flexibility index (Phi) is 8.42. The quantitative estimate of drug-likeness (QED) is 0.800. The molecule has 1 amide bonds. The minimum absolute atomic E-state index is 0. The van der Waals surface area contributed by atoms with E-state index in [4.69, 9.17) is 4.74 Å². The number of halogens is 1. The second kappa shape index (κ2) is 9.78. The Bertz CT molecular complexity index is 488. The Balaban J connectivity index is 0.00000264. The molecule has 2 atom stereocenters. The summed E-state index contributed by atoms with van der Waals surface area (Å²) in [6, 6.07) is 8.04. The van der Waals surface area contributed by atoms with E-state index >= 15 is 0 Å². The summed E-state index contributed by atoms with van der Waals surface area (Å²) in [4.78, 5) is 12.5. The van der Waals surface area contributed by atoms with Crippen LogP contribution >= 0.6 is 12.4 Å². The van der Waals surface area contributed by atoms with Crippen molar-refractivity contribution in [3.63, 3.8) is 0 Å². The number of hydrogen-bond donors (Lipinski definition) is 2. The molecule has 23 heavy (non-hydrogen) atoms. The predicted octanol–water partition coefficient (Wildman–Crippen LogP) is 3.32. The number of nitrogens with one attached hydrogen (secondary N) is 2. The van der Waals surface area contributed by atoms with Gasteiger partial charge in [0.25, 0.3) is 0 Å². The zero-order valence-corrected chi connectivity index (χ0v) is 15.1. The van der Waals surface area contributed by atoms with Crippen LogP contribution in [0.1, 0.15) is 45.2 Å². The van der Waals surface area contributed by atoms with Crippen molar-refractivity contribution in [2.24, 2.45) is 11.8 Å². The number of ether oxygens (including phenoxy) is 1. The van der Waals surface area contributed by atoms with E-state index in [1.807, 2.05) is 25.1 Å². The SMILES string of the molecule is CCOc1ccccc1C(CC(C)C)NC(=O)C1CCNC1.Cl. The van der Waals surface area contributed by atoms with Crippen LogP contribution in [-0.2, 0) is 4.79 Å². The summed E-state index contributed by atoms with van der Waals surface area (Å²) in [6.45, 7) is 8.69. The maximum absolute atomic E-state index is 12.5. The maximum atomic E-state index is 12.5. The number of carbonyl (C=O) groups excluding carboxylic acids is 1. The van der Waals surface area contributed by atoms with E-state index in [-0.39, 0.29) is 30.3 Å². The molecule has 5 heteroatoms. The number of amides is 1. The first-order chi connectivity index (χ1) is 10.6. The van der Waals surface area contributed by atoms with Gasteiger partial charge < -0.3 is 15.4 Å². The lowest BCUT2D eigenvalue weighted by Gasteiger charge is -2.24. The van der Waals surface area contributed by atoms with Crippen molar-refractivity contribution in [3.05, 3.63) is 29.8 Å². The summed E-state index contributed by atoms with van der Waals surface area (Å²) < 4.78 is 5.74. The molecule has 130 valence electrons. The van der Waals surface area contributed by atoms with Gasteiger partial charge in [-0.3, -0.25) is 4.79 Å². The molecule has 0 saturated carbocycles. The van der Waals surface area contributed by atoms with Crippen LogP contribution in [-0.4, -0.2) is 25.6 Å². The minimum atomic E-state index is 0. The van der Waals surface area contributed by atoms with Gasteiger partial charge in [0.15, 0.2) is 0 Å². The zero-order valence-electron chi connectivity index (χ0n) is 14.3. The fraction of sp³-hybridized carbons (Fsp3) is 0.611. The first-order valence-corrected chi connectivity index (χ1v) is 8.34. The van der Waals surface area contributed by atoms with E-state index in [2.05, 4.69) is 30.5 Å². The first-order valence-electron chi connectivity index (χ1n) is 8.34. The lowest BCUT2D eigenvalue weighted by atomic mass is 9.95. The Morgan fingerprint density at radius 1 is 1.39 bits per heavy atom. The van der Waals surface area contributed by atoms with Crippen molar-refractivity contribution in [1.29, 1.82) is 0 Å². The van der Waals surface area contributed by atoms with Crippen LogP contribution in [0.2, 0.25) is 0 Å². The van der Waals surface area contributed by atoms with E-state index in [1.165, 1.54) is 0 Å². The van der Waals surface area contributed by atoms with Gasteiger partial charge in [0, 0.05) is 12.1 Å². The predicted molar refractivity (Wildman–Crippen MR) is 96.2 cm³/mol. The van der Waals surface area contributed by atoms with Crippen LogP contribution in [0.4, 0.5) is 0 Å². The van der Waals surface area contributed by atoms with Crippen molar-refractivity contribution in [3.8, 4) is 5.75 Å². The van der Waals surface area contributed by atoms with Gasteiger partial charge in [0.2, 0.25) is 5.91 Å². The molecule has 1 aromatic carbocycles. The third-order valence-corrected chi connectivity index (χ3v) is 4.05. The van der Waals surface area contributed by atoms with E-state index in [1.54, 1.807) is 0 Å². The lowest BCUT2D eigenvalue weighted by molar-refractivity contribution is -0.125. The van der Waals surface area contributed by atoms with Gasteiger partial charge in [-0.25, -0.2) is 0 Å². The average Bonchev–Trinajstić information content (AvgIpc) is 3.01. The highest BCUT2D eigenvalue weighted by atomic mass is 35.5. The minimum Gasteiger partial charge on any atom is -0.494 e. The molecule has 0 radical (unpaired) electrons. The molecule has 2 unspecified atom stereocenters. The van der Waals surface area contributed by atoms with E-state index in [9.17, 15) is 4.79 Å². The molecule has 1 aromatic rings. The second-order valence-electron chi connectivity index (χ2n) is 6.35. The highest BCUT2D eigenvalue weighted by molar-refractivity contribution is 5.85. The fourth-order valence-electron chi connectivity index (χ4n) is 2.96. The highest BCUT2D eigenvalue weighted by Crippen LogP contribution is 2.30. The highest BCUT2D eigenvalue weighted by Gasteiger charge is 2.26. The molecule has 1 saturated heterocycles. The zero-order chi connectivity index (χ0) is 15.9. The Labute approximate surface area is 145 Å². The summed E-state index contributed by atoms with van der Waals surface area (Å²) in [5, 5.41) is 6.50. The first kappa shape index (κ1) is 19.8. The van der Waals surface area contributed by atoms with Crippen LogP contribution in [0.3, 0.4) is 0 Å². The molecule has 0 aliphatic carbocycles. The number of para-hydroxylation sites is 1. The van der Waals surface area contributed by atoms with Gasteiger partial charge in [0.05, 0.1) is 18.6 Å². The van der Waals surface area contributed by atoms with Crippen molar-refractivity contribution in [1.82, 2.24) is 10.6 Å². The number of rotatable bonds is 7. The molecule has 1 fully saturated rings. The normalized spacial score (nSPS) is 18.3. The third-order valence-electron chi connectivity index (χ3n) is 4.05. The molecule has 4 nitrogen and oxygen atoms in total. The van der Waals surface area contributed by atoms with Crippen LogP contribution in [0, 0.1) is 11.8 Å². The molecule has 1 aliphatic rings. The standard InChI is InChI=1S/C18H28N2O2.ClH/c1-4-22-17-8-6-5-7-15(17)16(11-13(2)3)20-18(21)14-9-10-19-12-14;/h5-8,13-14,16,19H,4,9-12H2,1-3H3,(H,20,21);1H. The van der Waals surface area contributed by atoms with Gasteiger partial charge in [0.1, 0.15) is 5.75 Å². The summed E-state index contributed by atoms with van der Waals surface area (Å²) >= 11 is 0. The van der Waals surface area contributed by atoms with Gasteiger partial charge in [-0.15, -0.1) is 12.4 Å². The maximum Gasteiger partial charge on any atom is 0.224 e. The molecule has 2 N–H and O–H groups in total. The van der Waals surface area contributed by atoms with E-state index in [0.29, 0.717) is 12.5 Å². The largest absolute Gasteiger partial charge is 0.494 e. The monoisotopic (exact) mass is 340 g/mol. The molecular formula is C18H29ClN2O2. The topological polar surface area (TPSA) is 50.4 Å². The number of benzene rings is 1. The third kappa shape index (κ3) is 5.70. The van der Waals surface area contributed by atoms with Crippen molar-refractivity contribution in [2.75, 3.05) is 19.7 Å². The van der Waals surface area contributed by atoms with Crippen LogP contribution in [0.15, 0.2) is 24.3 Å². The summed E-state index contributed by atoms with van der Waals surface area (Å²) in [7, 11) is 0. The average molecular weight is 341 g/mol. The van der Waals surface area contributed by atoms with Crippen LogP contribution in [0.5, 0.6) is 5.75 Å².